The van der Waals surface area contributed by atoms with E-state index in [2.05, 4.69) is 36.6 Å². The largest absolute Gasteiger partial charge is 0.453 e. The lowest BCUT2D eigenvalue weighted by Gasteiger charge is -2.15. The van der Waals surface area contributed by atoms with Crippen molar-refractivity contribution >= 4 is 29.7 Å². The Morgan fingerprint density at radius 2 is 1.89 bits per heavy atom. The number of rotatable bonds is 7. The zero-order valence-corrected chi connectivity index (χ0v) is 17.0. The van der Waals surface area contributed by atoms with E-state index in [1.807, 2.05) is 6.07 Å². The second-order valence-corrected chi connectivity index (χ2v) is 8.09. The van der Waals surface area contributed by atoms with Crippen molar-refractivity contribution in [3.63, 3.8) is 0 Å². The number of thioether (sulfide) groups is 1. The van der Waals surface area contributed by atoms with Crippen molar-refractivity contribution in [1.82, 2.24) is 10.6 Å². The van der Waals surface area contributed by atoms with E-state index in [1.54, 1.807) is 11.8 Å². The number of hydrogen-bond acceptors (Lipinski definition) is 5. The van der Waals surface area contributed by atoms with Crippen LogP contribution in [0.3, 0.4) is 0 Å². The van der Waals surface area contributed by atoms with Crippen LogP contribution in [0.4, 0.5) is 4.79 Å². The van der Waals surface area contributed by atoms with Crippen molar-refractivity contribution in [3.05, 3.63) is 29.3 Å². The van der Waals surface area contributed by atoms with Crippen LogP contribution in [0.1, 0.15) is 50.2 Å². The lowest BCUT2D eigenvalue weighted by atomic mass is 10.1. The average Bonchev–Trinajstić information content (AvgIpc) is 3.10. The molecule has 0 bridgehead atoms. The molecule has 0 aromatic heterocycles. The second-order valence-electron chi connectivity index (χ2n) is 6.92. The van der Waals surface area contributed by atoms with Gasteiger partial charge >= 0.3 is 12.0 Å². The molecule has 1 aliphatic carbocycles. The second kappa shape index (κ2) is 10.3. The summed E-state index contributed by atoms with van der Waals surface area (Å²) >= 11 is 1.57. The first-order chi connectivity index (χ1) is 12.8. The Labute approximate surface area is 164 Å². The van der Waals surface area contributed by atoms with Crippen LogP contribution in [0.15, 0.2) is 23.1 Å². The number of carbonyl (C=O) groups is 3. The van der Waals surface area contributed by atoms with Crippen molar-refractivity contribution in [2.24, 2.45) is 0 Å². The number of carbonyl (C=O) groups excluding carboxylic acids is 3. The van der Waals surface area contributed by atoms with Gasteiger partial charge in [-0.05, 0) is 56.9 Å². The topological polar surface area (TPSA) is 84.5 Å². The molecule has 0 saturated heterocycles. The first-order valence-electron chi connectivity index (χ1n) is 9.36. The maximum absolute atomic E-state index is 12.0. The standard InChI is InChI=1S/C20H28N2O4S/c1-13-8-9-17(12-14(13)2)27-11-10-18(23)26-15(3)19(24)22-20(25)21-16-6-4-5-7-16/h8-9,12,15-16H,4-7,10-11H2,1-3H3,(H2,21,22,24,25)/t15-/m0/s1. The highest BCUT2D eigenvalue weighted by Crippen LogP contribution is 2.22. The van der Waals surface area contributed by atoms with Crippen LogP contribution in [0.2, 0.25) is 0 Å². The fraction of sp³-hybridized carbons (Fsp3) is 0.550. The molecule has 2 N–H and O–H groups in total. The molecule has 0 heterocycles. The van der Waals surface area contributed by atoms with Crippen LogP contribution < -0.4 is 10.6 Å². The van der Waals surface area contributed by atoms with Gasteiger partial charge in [-0.2, -0.15) is 0 Å². The van der Waals surface area contributed by atoms with Crippen molar-refractivity contribution in [1.29, 1.82) is 0 Å². The van der Waals surface area contributed by atoms with Crippen LogP contribution in [0.25, 0.3) is 0 Å². The van der Waals surface area contributed by atoms with E-state index in [0.29, 0.717) is 5.75 Å². The Kier molecular flexibility index (Phi) is 8.16. The molecule has 27 heavy (non-hydrogen) atoms. The maximum Gasteiger partial charge on any atom is 0.321 e. The normalized spacial score (nSPS) is 15.2. The first kappa shape index (κ1) is 21.3. The lowest BCUT2D eigenvalue weighted by molar-refractivity contribution is -0.154. The first-order valence-corrected chi connectivity index (χ1v) is 10.3. The molecule has 2 rings (SSSR count). The Bertz CT molecular complexity index is 687. The predicted molar refractivity (Wildman–Crippen MR) is 106 cm³/mol. The number of benzene rings is 1. The minimum absolute atomic E-state index is 0.123. The van der Waals surface area contributed by atoms with Crippen molar-refractivity contribution in [2.75, 3.05) is 5.75 Å². The van der Waals surface area contributed by atoms with Gasteiger partial charge in [0.2, 0.25) is 0 Å². The molecule has 1 saturated carbocycles. The highest BCUT2D eigenvalue weighted by molar-refractivity contribution is 7.99. The molecule has 7 heteroatoms. The van der Waals surface area contributed by atoms with E-state index in [0.717, 1.165) is 30.6 Å². The van der Waals surface area contributed by atoms with Crippen LogP contribution >= 0.6 is 11.8 Å². The monoisotopic (exact) mass is 392 g/mol. The molecule has 1 aliphatic rings. The number of imide groups is 1. The molecule has 1 aromatic carbocycles. The number of esters is 1. The summed E-state index contributed by atoms with van der Waals surface area (Å²) in [5.74, 6) is -0.497. The van der Waals surface area contributed by atoms with E-state index in [-0.39, 0.29) is 12.5 Å². The molecule has 148 valence electrons. The van der Waals surface area contributed by atoms with Gasteiger partial charge in [-0.25, -0.2) is 4.79 Å². The molecule has 0 spiro atoms. The van der Waals surface area contributed by atoms with Crippen LogP contribution in [0.5, 0.6) is 0 Å². The smallest absolute Gasteiger partial charge is 0.321 e. The van der Waals surface area contributed by atoms with Gasteiger partial charge in [0.05, 0.1) is 6.42 Å². The lowest BCUT2D eigenvalue weighted by Crippen LogP contribution is -2.47. The van der Waals surface area contributed by atoms with Crippen molar-refractivity contribution in [3.8, 4) is 0 Å². The summed E-state index contributed by atoms with van der Waals surface area (Å²) in [7, 11) is 0. The van der Waals surface area contributed by atoms with Crippen molar-refractivity contribution in [2.45, 2.75) is 69.9 Å². The molecular weight excluding hydrogens is 364 g/mol. The summed E-state index contributed by atoms with van der Waals surface area (Å²) in [6.07, 6.45) is 3.25. The highest BCUT2D eigenvalue weighted by atomic mass is 32.2. The summed E-state index contributed by atoms with van der Waals surface area (Å²) in [5.41, 5.74) is 2.44. The Morgan fingerprint density at radius 1 is 1.19 bits per heavy atom. The van der Waals surface area contributed by atoms with Crippen LogP contribution in [0, 0.1) is 13.8 Å². The fourth-order valence-corrected chi connectivity index (χ4v) is 3.80. The van der Waals surface area contributed by atoms with Crippen molar-refractivity contribution < 1.29 is 19.1 Å². The Morgan fingerprint density at radius 3 is 2.56 bits per heavy atom. The van der Waals surface area contributed by atoms with Gasteiger partial charge in [0.1, 0.15) is 0 Å². The molecule has 1 fully saturated rings. The molecule has 0 radical (unpaired) electrons. The maximum atomic E-state index is 12.0. The predicted octanol–water partition coefficient (Wildman–Crippen LogP) is 3.49. The number of amides is 3. The SMILES string of the molecule is Cc1ccc(SCCC(=O)O[C@@H](C)C(=O)NC(=O)NC2CCCC2)cc1C. The van der Waals surface area contributed by atoms with Crippen LogP contribution in [-0.4, -0.2) is 35.8 Å². The number of aryl methyl sites for hydroxylation is 2. The summed E-state index contributed by atoms with van der Waals surface area (Å²) in [4.78, 5) is 36.8. The molecule has 0 aliphatic heterocycles. The Balaban J connectivity index is 1.66. The van der Waals surface area contributed by atoms with Gasteiger partial charge in [0.25, 0.3) is 5.91 Å². The summed E-state index contributed by atoms with van der Waals surface area (Å²) in [6, 6.07) is 5.76. The van der Waals surface area contributed by atoms with Crippen LogP contribution in [-0.2, 0) is 14.3 Å². The van der Waals surface area contributed by atoms with Gasteiger partial charge in [0.15, 0.2) is 6.10 Å². The van der Waals surface area contributed by atoms with Gasteiger partial charge in [0, 0.05) is 16.7 Å². The number of urea groups is 1. The number of ether oxygens (including phenoxy) is 1. The van der Waals surface area contributed by atoms with Gasteiger partial charge in [-0.3, -0.25) is 14.9 Å². The summed E-state index contributed by atoms with van der Waals surface area (Å²) in [5, 5.41) is 5.00. The average molecular weight is 393 g/mol. The van der Waals surface area contributed by atoms with E-state index in [1.165, 1.54) is 18.1 Å². The molecule has 1 atom stereocenters. The molecular formula is C20H28N2O4S. The zero-order valence-electron chi connectivity index (χ0n) is 16.2. The minimum Gasteiger partial charge on any atom is -0.453 e. The number of nitrogens with one attached hydrogen (secondary N) is 2. The molecule has 1 aromatic rings. The third-order valence-corrected chi connectivity index (χ3v) is 5.65. The zero-order chi connectivity index (χ0) is 19.8. The van der Waals surface area contributed by atoms with E-state index >= 15 is 0 Å². The highest BCUT2D eigenvalue weighted by Gasteiger charge is 2.22. The molecule has 6 nitrogen and oxygen atoms in total. The van der Waals surface area contributed by atoms with Gasteiger partial charge in [-0.15, -0.1) is 11.8 Å². The fourth-order valence-electron chi connectivity index (χ4n) is 2.87. The quantitative estimate of drug-likeness (QED) is 0.548. The summed E-state index contributed by atoms with van der Waals surface area (Å²) < 4.78 is 5.12. The molecule has 0 unspecified atom stereocenters. The summed E-state index contributed by atoms with van der Waals surface area (Å²) in [6.45, 7) is 5.57. The van der Waals surface area contributed by atoms with E-state index in [9.17, 15) is 14.4 Å². The van der Waals surface area contributed by atoms with Gasteiger partial charge in [-0.1, -0.05) is 18.9 Å². The van der Waals surface area contributed by atoms with E-state index < -0.39 is 24.0 Å². The third-order valence-electron chi connectivity index (χ3n) is 4.66. The van der Waals surface area contributed by atoms with Gasteiger partial charge < -0.3 is 10.1 Å². The minimum atomic E-state index is -1.00. The Hall–Kier alpha value is -2.02. The number of hydrogen-bond donors (Lipinski definition) is 2. The van der Waals surface area contributed by atoms with E-state index in [4.69, 9.17) is 4.74 Å². The molecule has 3 amide bonds. The third kappa shape index (κ3) is 7.25.